The van der Waals surface area contributed by atoms with Crippen molar-refractivity contribution in [3.63, 3.8) is 0 Å². The van der Waals surface area contributed by atoms with Crippen LogP contribution in [0.15, 0.2) is 60.7 Å². The molecule has 0 bridgehead atoms. The summed E-state index contributed by atoms with van der Waals surface area (Å²) in [6.45, 7) is 2.27. The number of nitro benzene ring substituents is 2. The first-order valence-corrected chi connectivity index (χ1v) is 14.5. The van der Waals surface area contributed by atoms with Crippen molar-refractivity contribution < 1.29 is 38.6 Å². The first kappa shape index (κ1) is 31.4. The van der Waals surface area contributed by atoms with Crippen LogP contribution < -0.4 is 10.6 Å². The van der Waals surface area contributed by atoms with Crippen molar-refractivity contribution in [1.82, 2.24) is 20.4 Å². The normalized spacial score (nSPS) is 15.0. The molecule has 4 aromatic rings. The largest absolute Gasteiger partial charge is 0.353 e. The maximum absolute atomic E-state index is 13.4. The Morgan fingerprint density at radius 1 is 0.625 bits per heavy atom. The second-order valence-corrected chi connectivity index (χ2v) is 11.2. The summed E-state index contributed by atoms with van der Waals surface area (Å²) < 4.78 is 0. The topological polar surface area (TPSA) is 219 Å². The Labute approximate surface area is 269 Å². The van der Waals surface area contributed by atoms with E-state index in [-0.39, 0.29) is 57.5 Å². The van der Waals surface area contributed by atoms with Crippen molar-refractivity contribution in [2.45, 2.75) is 25.9 Å². The number of nitrogens with zero attached hydrogens (tertiary/aromatic N) is 4. The molecule has 2 N–H and O–H groups in total. The van der Waals surface area contributed by atoms with E-state index >= 15 is 0 Å². The second-order valence-electron chi connectivity index (χ2n) is 11.2. The predicted octanol–water partition coefficient (Wildman–Crippen LogP) is 2.71. The molecule has 0 fully saturated rings. The fraction of sp³-hybridized carbons (Fsp3) is 0.188. The van der Waals surface area contributed by atoms with Crippen LogP contribution in [0.5, 0.6) is 0 Å². The summed E-state index contributed by atoms with van der Waals surface area (Å²) in [6.07, 6.45) is 0. The third kappa shape index (κ3) is 4.95. The lowest BCUT2D eigenvalue weighted by atomic mass is 9.92. The van der Waals surface area contributed by atoms with Gasteiger partial charge in [0.25, 0.3) is 35.0 Å². The number of carbonyl (C=O) groups is 6. The highest BCUT2D eigenvalue weighted by Gasteiger charge is 2.41. The van der Waals surface area contributed by atoms with Gasteiger partial charge in [-0.3, -0.25) is 58.8 Å². The number of non-ortho nitro benzene ring substituents is 2. The van der Waals surface area contributed by atoms with Gasteiger partial charge in [-0.25, -0.2) is 0 Å². The number of nitro groups is 2. The van der Waals surface area contributed by atoms with E-state index in [9.17, 15) is 49.0 Å². The first-order valence-electron chi connectivity index (χ1n) is 14.5. The van der Waals surface area contributed by atoms with Crippen molar-refractivity contribution >= 4 is 68.4 Å². The van der Waals surface area contributed by atoms with Crippen molar-refractivity contribution in [2.75, 3.05) is 13.1 Å². The molecule has 6 rings (SSSR count). The van der Waals surface area contributed by atoms with Crippen LogP contribution in [0.4, 0.5) is 11.4 Å². The summed E-state index contributed by atoms with van der Waals surface area (Å²) in [7, 11) is 0. The highest BCUT2D eigenvalue weighted by Crippen LogP contribution is 2.35. The molecular formula is C32H24N6O10. The van der Waals surface area contributed by atoms with Crippen LogP contribution in [0, 0.1) is 20.2 Å². The molecule has 2 heterocycles. The number of imide groups is 2. The number of hydrogen-bond acceptors (Lipinski definition) is 10. The lowest BCUT2D eigenvalue weighted by Gasteiger charge is -2.31. The van der Waals surface area contributed by atoms with Crippen LogP contribution in [-0.4, -0.2) is 80.3 Å². The lowest BCUT2D eigenvalue weighted by molar-refractivity contribution is -0.384. The Morgan fingerprint density at radius 3 is 1.33 bits per heavy atom. The summed E-state index contributed by atoms with van der Waals surface area (Å²) in [5.74, 6) is -4.78. The van der Waals surface area contributed by atoms with Crippen LogP contribution in [0.3, 0.4) is 0 Å². The van der Waals surface area contributed by atoms with Crippen LogP contribution in [0.1, 0.15) is 55.3 Å². The Hall–Kier alpha value is -6.58. The van der Waals surface area contributed by atoms with Gasteiger partial charge in [-0.2, -0.15) is 0 Å². The number of hydrogen-bond donors (Lipinski definition) is 2. The van der Waals surface area contributed by atoms with E-state index in [1.165, 1.54) is 50.2 Å². The Bertz CT molecular complexity index is 2030. The molecule has 242 valence electrons. The summed E-state index contributed by atoms with van der Waals surface area (Å²) in [6, 6.07) is 11.0. The molecule has 6 amide bonds. The van der Waals surface area contributed by atoms with E-state index < -0.39 is 57.4 Å². The molecule has 2 atom stereocenters. The molecule has 0 aromatic heterocycles. The zero-order valence-corrected chi connectivity index (χ0v) is 25.2. The molecule has 0 saturated heterocycles. The van der Waals surface area contributed by atoms with Gasteiger partial charge in [0.1, 0.15) is 12.1 Å². The standard InChI is InChI=1S/C32H24N6O10/c1-15(35-29(41)21-7-3-5-17-11-19(37(45)46)13-23(25(17)21)31(35)43)27(39)33-9-10-34-28(40)16(2)36-30(42)22-8-4-6-18-12-20(38(47)48)14-24(26(18)22)32(36)44/h3-8,11-16H,9-10H2,1-2H3,(H,33,39)(H,34,40)/t15-,16-/m0/s1. The van der Waals surface area contributed by atoms with Gasteiger partial charge in [-0.1, -0.05) is 24.3 Å². The fourth-order valence-electron chi connectivity index (χ4n) is 6.04. The molecule has 2 aliphatic heterocycles. The molecule has 16 nitrogen and oxygen atoms in total. The minimum absolute atomic E-state index is 0.0921. The number of benzene rings is 4. The van der Waals surface area contributed by atoms with Gasteiger partial charge < -0.3 is 10.6 Å². The number of nitrogens with one attached hydrogen (secondary N) is 2. The molecular weight excluding hydrogens is 628 g/mol. The highest BCUT2D eigenvalue weighted by molar-refractivity contribution is 6.28. The quantitative estimate of drug-likeness (QED) is 0.116. The Morgan fingerprint density at radius 2 is 0.979 bits per heavy atom. The smallest absolute Gasteiger partial charge is 0.270 e. The molecule has 16 heteroatoms. The lowest BCUT2D eigenvalue weighted by Crippen LogP contribution is -2.54. The second kappa shape index (κ2) is 11.7. The van der Waals surface area contributed by atoms with E-state index in [1.54, 1.807) is 12.1 Å². The first-order chi connectivity index (χ1) is 22.8. The van der Waals surface area contributed by atoms with E-state index in [2.05, 4.69) is 10.6 Å². The van der Waals surface area contributed by atoms with E-state index in [4.69, 9.17) is 0 Å². The zero-order chi connectivity index (χ0) is 34.6. The Kier molecular flexibility index (Phi) is 7.62. The van der Waals surface area contributed by atoms with Crippen molar-refractivity contribution in [1.29, 1.82) is 0 Å². The van der Waals surface area contributed by atoms with Gasteiger partial charge in [0.15, 0.2) is 0 Å². The fourth-order valence-corrected chi connectivity index (χ4v) is 6.04. The average Bonchev–Trinajstić information content (AvgIpc) is 3.06. The summed E-state index contributed by atoms with van der Waals surface area (Å²) in [5, 5.41) is 29.1. The number of amides is 6. The van der Waals surface area contributed by atoms with Gasteiger partial charge in [0.05, 0.1) is 21.0 Å². The monoisotopic (exact) mass is 652 g/mol. The van der Waals surface area contributed by atoms with Crippen molar-refractivity contribution in [2.24, 2.45) is 0 Å². The van der Waals surface area contributed by atoms with Crippen LogP contribution >= 0.6 is 0 Å². The van der Waals surface area contributed by atoms with E-state index in [0.717, 1.165) is 12.1 Å². The molecule has 4 aromatic carbocycles. The maximum atomic E-state index is 13.4. The van der Waals surface area contributed by atoms with Gasteiger partial charge >= 0.3 is 0 Å². The highest BCUT2D eigenvalue weighted by atomic mass is 16.6. The minimum Gasteiger partial charge on any atom is -0.353 e. The van der Waals surface area contributed by atoms with Gasteiger partial charge in [0, 0.05) is 59.3 Å². The molecule has 0 radical (unpaired) electrons. The third-order valence-corrected chi connectivity index (χ3v) is 8.40. The zero-order valence-electron chi connectivity index (χ0n) is 25.2. The molecule has 0 saturated carbocycles. The van der Waals surface area contributed by atoms with Crippen LogP contribution in [0.2, 0.25) is 0 Å². The third-order valence-electron chi connectivity index (χ3n) is 8.40. The van der Waals surface area contributed by atoms with Gasteiger partial charge in [-0.15, -0.1) is 0 Å². The van der Waals surface area contributed by atoms with E-state index in [1.807, 2.05) is 0 Å². The maximum Gasteiger partial charge on any atom is 0.270 e. The minimum atomic E-state index is -1.34. The van der Waals surface area contributed by atoms with Gasteiger partial charge in [-0.05, 0) is 36.8 Å². The van der Waals surface area contributed by atoms with Gasteiger partial charge in [0.2, 0.25) is 11.8 Å². The summed E-state index contributed by atoms with van der Waals surface area (Å²) >= 11 is 0. The number of carbonyl (C=O) groups excluding carboxylic acids is 6. The molecule has 0 aliphatic carbocycles. The Balaban J connectivity index is 1.11. The SMILES string of the molecule is C[C@@H](C(=O)NCCNC(=O)[C@H](C)N1C(=O)c2cccc3cc([N+](=O)[O-])cc(c23)C1=O)N1C(=O)c2cccc3cc([N+](=O)[O-])cc(c23)C1=O. The average molecular weight is 653 g/mol. The van der Waals surface area contributed by atoms with Crippen molar-refractivity contribution in [3.05, 3.63) is 103 Å². The van der Waals surface area contributed by atoms with Crippen molar-refractivity contribution in [3.8, 4) is 0 Å². The molecule has 0 spiro atoms. The molecule has 0 unspecified atom stereocenters. The molecule has 48 heavy (non-hydrogen) atoms. The number of rotatable bonds is 9. The summed E-state index contributed by atoms with van der Waals surface area (Å²) in [5.41, 5.74) is -0.678. The summed E-state index contributed by atoms with van der Waals surface area (Å²) in [4.78, 5) is 102. The van der Waals surface area contributed by atoms with Crippen LogP contribution in [-0.2, 0) is 9.59 Å². The predicted molar refractivity (Wildman–Crippen MR) is 167 cm³/mol. The molecule has 2 aliphatic rings. The van der Waals surface area contributed by atoms with Crippen LogP contribution in [0.25, 0.3) is 21.5 Å². The van der Waals surface area contributed by atoms with E-state index in [0.29, 0.717) is 20.6 Å².